The molecule has 0 bridgehead atoms. The molecule has 2 heteroatoms. The summed E-state index contributed by atoms with van der Waals surface area (Å²) in [6, 6.07) is 24.7. The Kier molecular flexibility index (Phi) is 2.26. The largest absolute Gasteiger partial charge is 0.314 e. The lowest BCUT2D eigenvalue weighted by Crippen LogP contribution is -2.39. The van der Waals surface area contributed by atoms with E-state index in [1.807, 2.05) is 49.5 Å². The summed E-state index contributed by atoms with van der Waals surface area (Å²) in [7, 11) is 1.87. The molecule has 0 aromatic heterocycles. The molecule has 3 aromatic rings. The van der Waals surface area contributed by atoms with Crippen molar-refractivity contribution in [2.75, 3.05) is 11.9 Å². The zero-order valence-electron chi connectivity index (χ0n) is 12.8. The van der Waals surface area contributed by atoms with Crippen molar-refractivity contribution in [1.82, 2.24) is 0 Å². The number of nitrogens with zero attached hydrogens (tertiary/aromatic N) is 1. The molecule has 0 unspecified atom stereocenters. The molecule has 2 nitrogen and oxygen atoms in total. The number of hydrogen-bond acceptors (Lipinski definition) is 1. The molecule has 2 aliphatic rings. The van der Waals surface area contributed by atoms with E-state index in [1.165, 1.54) is 11.1 Å². The van der Waals surface area contributed by atoms with Gasteiger partial charge in [-0.15, -0.1) is 0 Å². The topological polar surface area (TPSA) is 20.3 Å². The van der Waals surface area contributed by atoms with Crippen molar-refractivity contribution in [3.8, 4) is 11.1 Å². The predicted molar refractivity (Wildman–Crippen MR) is 91.6 cm³/mol. The minimum atomic E-state index is -0.696. The van der Waals surface area contributed by atoms with Crippen LogP contribution in [0.5, 0.6) is 0 Å². The third kappa shape index (κ3) is 1.28. The van der Waals surface area contributed by atoms with Crippen LogP contribution in [-0.4, -0.2) is 13.0 Å². The summed E-state index contributed by atoms with van der Waals surface area (Å²) in [5.41, 5.74) is 5.93. The van der Waals surface area contributed by atoms with Crippen LogP contribution in [0, 0.1) is 0 Å². The SMILES string of the molecule is CN1C(=O)C2(c3ccccc3-c3ccccc32)c2ccccc21. The first-order valence-electron chi connectivity index (χ1n) is 7.83. The number of fused-ring (bicyclic) bond motifs is 7. The van der Waals surface area contributed by atoms with E-state index in [1.54, 1.807) is 4.90 Å². The second-order valence-corrected chi connectivity index (χ2v) is 6.22. The Morgan fingerprint density at radius 3 is 1.78 bits per heavy atom. The normalized spacial score (nSPS) is 16.4. The van der Waals surface area contributed by atoms with E-state index >= 15 is 0 Å². The third-order valence-electron chi connectivity index (χ3n) is 5.25. The van der Waals surface area contributed by atoms with Crippen molar-refractivity contribution in [2.45, 2.75) is 5.41 Å². The van der Waals surface area contributed by atoms with E-state index in [4.69, 9.17) is 0 Å². The number of likely N-dealkylation sites (N-methyl/N-ethyl adjacent to an activating group) is 1. The second-order valence-electron chi connectivity index (χ2n) is 6.22. The molecular formula is C21H15NO. The second kappa shape index (κ2) is 4.11. The van der Waals surface area contributed by atoms with Gasteiger partial charge in [0.15, 0.2) is 0 Å². The Morgan fingerprint density at radius 2 is 1.17 bits per heavy atom. The molecule has 3 aromatic carbocycles. The summed E-state index contributed by atoms with van der Waals surface area (Å²) in [4.78, 5) is 15.2. The minimum absolute atomic E-state index is 0.135. The van der Waals surface area contributed by atoms with Crippen molar-refractivity contribution >= 4 is 11.6 Å². The van der Waals surface area contributed by atoms with Crippen LogP contribution in [0.4, 0.5) is 5.69 Å². The molecule has 0 fully saturated rings. The fourth-order valence-corrected chi connectivity index (χ4v) is 4.32. The van der Waals surface area contributed by atoms with Gasteiger partial charge in [-0.2, -0.15) is 0 Å². The van der Waals surface area contributed by atoms with Crippen LogP contribution < -0.4 is 4.90 Å². The van der Waals surface area contributed by atoms with Gasteiger partial charge in [-0.05, 0) is 28.3 Å². The number of carbonyl (C=O) groups is 1. The predicted octanol–water partition coefficient (Wildman–Crippen LogP) is 3.98. The quantitative estimate of drug-likeness (QED) is 0.614. The van der Waals surface area contributed by atoms with E-state index in [0.717, 1.165) is 22.4 Å². The summed E-state index contributed by atoms with van der Waals surface area (Å²) >= 11 is 0. The Labute approximate surface area is 135 Å². The molecule has 23 heavy (non-hydrogen) atoms. The summed E-state index contributed by atoms with van der Waals surface area (Å²) in [6.45, 7) is 0. The average molecular weight is 297 g/mol. The average Bonchev–Trinajstić information content (AvgIpc) is 3.03. The van der Waals surface area contributed by atoms with Gasteiger partial charge >= 0.3 is 0 Å². The number of anilines is 1. The van der Waals surface area contributed by atoms with Gasteiger partial charge in [0.1, 0.15) is 5.41 Å². The maximum Gasteiger partial charge on any atom is 0.246 e. The Hall–Kier alpha value is -2.87. The Morgan fingerprint density at radius 1 is 0.696 bits per heavy atom. The summed E-state index contributed by atoms with van der Waals surface area (Å²) in [5.74, 6) is 0.135. The van der Waals surface area contributed by atoms with Crippen LogP contribution in [0.1, 0.15) is 16.7 Å². The summed E-state index contributed by atoms with van der Waals surface area (Å²) in [5, 5.41) is 0. The van der Waals surface area contributed by atoms with E-state index in [2.05, 4.69) is 30.3 Å². The first-order chi connectivity index (χ1) is 11.3. The van der Waals surface area contributed by atoms with Gasteiger partial charge in [0.25, 0.3) is 0 Å². The number of carbonyl (C=O) groups excluding carboxylic acids is 1. The van der Waals surface area contributed by atoms with Gasteiger partial charge in [0, 0.05) is 18.3 Å². The van der Waals surface area contributed by atoms with Crippen LogP contribution in [-0.2, 0) is 10.2 Å². The fraction of sp³-hybridized carbons (Fsp3) is 0.0952. The number of hydrogen-bond donors (Lipinski definition) is 0. The monoisotopic (exact) mass is 297 g/mol. The highest BCUT2D eigenvalue weighted by Crippen LogP contribution is 2.58. The zero-order valence-corrected chi connectivity index (χ0v) is 12.8. The van der Waals surface area contributed by atoms with Gasteiger partial charge in [0.05, 0.1) is 0 Å². The molecule has 110 valence electrons. The van der Waals surface area contributed by atoms with E-state index < -0.39 is 5.41 Å². The molecule has 5 rings (SSSR count). The first kappa shape index (κ1) is 12.7. The smallest absolute Gasteiger partial charge is 0.246 e. The number of para-hydroxylation sites is 1. The molecule has 1 aliphatic heterocycles. The van der Waals surface area contributed by atoms with Crippen molar-refractivity contribution in [3.63, 3.8) is 0 Å². The molecule has 1 aliphatic carbocycles. The number of benzene rings is 3. The fourth-order valence-electron chi connectivity index (χ4n) is 4.32. The molecule has 1 amide bonds. The van der Waals surface area contributed by atoms with Crippen LogP contribution in [0.2, 0.25) is 0 Å². The lowest BCUT2D eigenvalue weighted by atomic mass is 9.73. The highest BCUT2D eigenvalue weighted by molar-refractivity contribution is 6.16. The minimum Gasteiger partial charge on any atom is -0.314 e. The standard InChI is InChI=1S/C21H15NO/c1-22-19-13-7-6-12-18(19)21(20(22)23)16-10-4-2-8-14(16)15-9-3-5-11-17(15)21/h2-13H,1H3. The molecule has 1 spiro atoms. The van der Waals surface area contributed by atoms with Crippen molar-refractivity contribution in [1.29, 1.82) is 0 Å². The molecule has 1 heterocycles. The van der Waals surface area contributed by atoms with E-state index in [0.29, 0.717) is 0 Å². The number of rotatable bonds is 0. The van der Waals surface area contributed by atoms with Crippen LogP contribution in [0.15, 0.2) is 72.8 Å². The van der Waals surface area contributed by atoms with E-state index in [-0.39, 0.29) is 5.91 Å². The Balaban J connectivity index is 1.99. The van der Waals surface area contributed by atoms with Gasteiger partial charge in [-0.1, -0.05) is 66.7 Å². The van der Waals surface area contributed by atoms with Gasteiger partial charge in [0.2, 0.25) is 5.91 Å². The lowest BCUT2D eigenvalue weighted by Gasteiger charge is -2.26. The lowest BCUT2D eigenvalue weighted by molar-refractivity contribution is -0.120. The Bertz CT molecular complexity index is 927. The van der Waals surface area contributed by atoms with Crippen molar-refractivity contribution in [3.05, 3.63) is 89.5 Å². The molecule has 0 saturated carbocycles. The van der Waals surface area contributed by atoms with Crippen molar-refractivity contribution < 1.29 is 4.79 Å². The zero-order chi connectivity index (χ0) is 15.6. The van der Waals surface area contributed by atoms with Crippen molar-refractivity contribution in [2.24, 2.45) is 0 Å². The number of amides is 1. The van der Waals surface area contributed by atoms with Crippen LogP contribution in [0.3, 0.4) is 0 Å². The highest BCUT2D eigenvalue weighted by Gasteiger charge is 2.56. The molecule has 0 saturated heterocycles. The van der Waals surface area contributed by atoms with Crippen LogP contribution in [0.25, 0.3) is 11.1 Å². The summed E-state index contributed by atoms with van der Waals surface area (Å²) in [6.07, 6.45) is 0. The summed E-state index contributed by atoms with van der Waals surface area (Å²) < 4.78 is 0. The van der Waals surface area contributed by atoms with E-state index in [9.17, 15) is 4.79 Å². The highest BCUT2D eigenvalue weighted by atomic mass is 16.2. The van der Waals surface area contributed by atoms with Gasteiger partial charge in [-0.3, -0.25) is 4.79 Å². The van der Waals surface area contributed by atoms with Crippen LogP contribution >= 0.6 is 0 Å². The molecule has 0 atom stereocenters. The molecule has 0 N–H and O–H groups in total. The molecular weight excluding hydrogens is 282 g/mol. The van der Waals surface area contributed by atoms with Gasteiger partial charge in [-0.25, -0.2) is 0 Å². The maximum absolute atomic E-state index is 13.4. The maximum atomic E-state index is 13.4. The molecule has 0 radical (unpaired) electrons. The first-order valence-corrected chi connectivity index (χ1v) is 7.83. The third-order valence-corrected chi connectivity index (χ3v) is 5.25. The van der Waals surface area contributed by atoms with Gasteiger partial charge < -0.3 is 4.90 Å².